The minimum absolute atomic E-state index is 0.0146. The normalized spacial score (nSPS) is 17.1. The Morgan fingerprint density at radius 1 is 1.27 bits per heavy atom. The molecule has 112 valence electrons. The highest BCUT2D eigenvalue weighted by Gasteiger charge is 2.25. The van der Waals surface area contributed by atoms with Crippen molar-refractivity contribution >= 4 is 11.1 Å². The van der Waals surface area contributed by atoms with E-state index in [1.54, 1.807) is 0 Å². The molecule has 1 aliphatic rings. The number of benzene rings is 2. The fourth-order valence-electron chi connectivity index (χ4n) is 2.52. The SMILES string of the molecule is Cc1ccccc1C#Cc1ccc2c(c1)OCC2CS(=O)O. The lowest BCUT2D eigenvalue weighted by atomic mass is 10.0. The van der Waals surface area contributed by atoms with Gasteiger partial charge in [-0.2, -0.15) is 0 Å². The third kappa shape index (κ3) is 3.22. The van der Waals surface area contributed by atoms with Crippen molar-refractivity contribution in [1.82, 2.24) is 0 Å². The Bertz CT molecular complexity index is 786. The van der Waals surface area contributed by atoms with Crippen molar-refractivity contribution in [3.8, 4) is 17.6 Å². The first-order valence-electron chi connectivity index (χ1n) is 7.05. The summed E-state index contributed by atoms with van der Waals surface area (Å²) in [6.07, 6.45) is 0. The second-order valence-electron chi connectivity index (χ2n) is 5.31. The first-order valence-corrected chi connectivity index (χ1v) is 8.33. The molecule has 0 radical (unpaired) electrons. The Labute approximate surface area is 132 Å². The lowest BCUT2D eigenvalue weighted by Crippen LogP contribution is -2.10. The maximum atomic E-state index is 11.0. The van der Waals surface area contributed by atoms with Gasteiger partial charge in [0.2, 0.25) is 0 Å². The van der Waals surface area contributed by atoms with Crippen LogP contribution in [0.4, 0.5) is 0 Å². The van der Waals surface area contributed by atoms with Crippen molar-refractivity contribution in [3.05, 3.63) is 64.7 Å². The fraction of sp³-hybridized carbons (Fsp3) is 0.222. The van der Waals surface area contributed by atoms with E-state index in [0.717, 1.165) is 28.0 Å². The zero-order valence-electron chi connectivity index (χ0n) is 12.2. The van der Waals surface area contributed by atoms with E-state index in [1.807, 2.05) is 49.4 Å². The molecule has 1 N–H and O–H groups in total. The molecule has 4 heteroatoms. The van der Waals surface area contributed by atoms with Crippen LogP contribution in [0.2, 0.25) is 0 Å². The zero-order valence-corrected chi connectivity index (χ0v) is 13.0. The minimum Gasteiger partial charge on any atom is -0.493 e. The van der Waals surface area contributed by atoms with E-state index in [1.165, 1.54) is 0 Å². The first-order chi connectivity index (χ1) is 10.6. The highest BCUT2D eigenvalue weighted by Crippen LogP contribution is 2.34. The van der Waals surface area contributed by atoms with E-state index in [9.17, 15) is 4.21 Å². The quantitative estimate of drug-likeness (QED) is 0.685. The summed E-state index contributed by atoms with van der Waals surface area (Å²) in [5.74, 6) is 7.28. The molecule has 1 heterocycles. The number of rotatable bonds is 2. The molecule has 0 saturated carbocycles. The van der Waals surface area contributed by atoms with Gasteiger partial charge in [0, 0.05) is 22.6 Å². The number of aryl methyl sites for hydroxylation is 1. The molecule has 22 heavy (non-hydrogen) atoms. The summed E-state index contributed by atoms with van der Waals surface area (Å²) in [5.41, 5.74) is 4.03. The van der Waals surface area contributed by atoms with Crippen molar-refractivity contribution in [2.75, 3.05) is 12.4 Å². The van der Waals surface area contributed by atoms with Crippen LogP contribution in [0.3, 0.4) is 0 Å². The Morgan fingerprint density at radius 3 is 2.86 bits per heavy atom. The van der Waals surface area contributed by atoms with Crippen LogP contribution in [-0.2, 0) is 11.1 Å². The molecular formula is C18H16O3S. The van der Waals surface area contributed by atoms with E-state index in [4.69, 9.17) is 9.29 Å². The fourth-order valence-corrected chi connectivity index (χ4v) is 3.14. The average Bonchev–Trinajstić information content (AvgIpc) is 2.88. The largest absolute Gasteiger partial charge is 0.493 e. The summed E-state index contributed by atoms with van der Waals surface area (Å²) in [4.78, 5) is 0. The second-order valence-corrected chi connectivity index (χ2v) is 6.29. The standard InChI is InChI=1S/C18H16O3S/c1-13-4-2-3-5-15(13)8-6-14-7-9-17-16(12-22(19)20)11-21-18(17)10-14/h2-5,7,9-10,16H,11-12H2,1H3,(H,19,20). The van der Waals surface area contributed by atoms with Gasteiger partial charge in [-0.25, -0.2) is 4.21 Å². The second kappa shape index (κ2) is 6.35. The van der Waals surface area contributed by atoms with Crippen LogP contribution in [0.15, 0.2) is 42.5 Å². The third-order valence-electron chi connectivity index (χ3n) is 3.72. The molecule has 1 aliphatic heterocycles. The number of fused-ring (bicyclic) bond motifs is 1. The van der Waals surface area contributed by atoms with Crippen molar-refractivity contribution in [3.63, 3.8) is 0 Å². The monoisotopic (exact) mass is 312 g/mol. The van der Waals surface area contributed by atoms with Gasteiger partial charge < -0.3 is 9.29 Å². The van der Waals surface area contributed by atoms with E-state index in [-0.39, 0.29) is 11.7 Å². The smallest absolute Gasteiger partial charge is 0.153 e. The molecule has 0 bridgehead atoms. The number of hydrogen-bond acceptors (Lipinski definition) is 2. The van der Waals surface area contributed by atoms with Crippen LogP contribution < -0.4 is 4.74 Å². The molecular weight excluding hydrogens is 296 g/mol. The van der Waals surface area contributed by atoms with Gasteiger partial charge in [0.25, 0.3) is 0 Å². The number of ether oxygens (including phenoxy) is 1. The summed E-state index contributed by atoms with van der Waals surface area (Å²) in [7, 11) is 0. The highest BCUT2D eigenvalue weighted by molar-refractivity contribution is 7.79. The van der Waals surface area contributed by atoms with Gasteiger partial charge in [0.1, 0.15) is 5.75 Å². The Kier molecular flexibility index (Phi) is 4.28. The summed E-state index contributed by atoms with van der Waals surface area (Å²) >= 11 is -1.81. The molecule has 0 saturated heterocycles. The van der Waals surface area contributed by atoms with E-state index < -0.39 is 11.1 Å². The molecule has 0 aliphatic carbocycles. The van der Waals surface area contributed by atoms with Crippen molar-refractivity contribution in [2.24, 2.45) is 0 Å². The maximum absolute atomic E-state index is 11.0. The highest BCUT2D eigenvalue weighted by atomic mass is 32.2. The summed E-state index contributed by atoms with van der Waals surface area (Å²) in [6.45, 7) is 2.49. The van der Waals surface area contributed by atoms with Gasteiger partial charge in [0.15, 0.2) is 11.1 Å². The van der Waals surface area contributed by atoms with Crippen LogP contribution in [0, 0.1) is 18.8 Å². The van der Waals surface area contributed by atoms with Gasteiger partial charge in [-0.05, 0) is 30.7 Å². The van der Waals surface area contributed by atoms with Gasteiger partial charge in [-0.15, -0.1) is 0 Å². The molecule has 2 aromatic carbocycles. The van der Waals surface area contributed by atoms with Crippen LogP contribution in [0.25, 0.3) is 0 Å². The van der Waals surface area contributed by atoms with Gasteiger partial charge in [-0.1, -0.05) is 36.1 Å². The molecule has 0 amide bonds. The molecule has 0 fully saturated rings. The van der Waals surface area contributed by atoms with Gasteiger partial charge in [0.05, 0.1) is 12.4 Å². The lowest BCUT2D eigenvalue weighted by Gasteiger charge is -2.04. The zero-order chi connectivity index (χ0) is 15.5. The Hall–Kier alpha value is -2.09. The van der Waals surface area contributed by atoms with Crippen molar-refractivity contribution in [1.29, 1.82) is 0 Å². The van der Waals surface area contributed by atoms with E-state index in [2.05, 4.69) is 11.8 Å². The van der Waals surface area contributed by atoms with Crippen LogP contribution in [0.5, 0.6) is 5.75 Å². The number of hydrogen-bond donors (Lipinski definition) is 1. The van der Waals surface area contributed by atoms with Crippen LogP contribution in [0.1, 0.15) is 28.2 Å². The maximum Gasteiger partial charge on any atom is 0.153 e. The molecule has 3 rings (SSSR count). The predicted octanol–water partition coefficient (Wildman–Crippen LogP) is 3.09. The molecule has 0 spiro atoms. The molecule has 2 atom stereocenters. The average molecular weight is 312 g/mol. The summed E-state index contributed by atoms with van der Waals surface area (Å²) in [6, 6.07) is 13.8. The molecule has 2 aromatic rings. The molecule has 3 nitrogen and oxygen atoms in total. The molecule has 0 aromatic heterocycles. The third-order valence-corrected chi connectivity index (χ3v) is 4.41. The lowest BCUT2D eigenvalue weighted by molar-refractivity contribution is 0.337. The van der Waals surface area contributed by atoms with E-state index >= 15 is 0 Å². The molecule has 2 unspecified atom stereocenters. The summed E-state index contributed by atoms with van der Waals surface area (Å²) in [5, 5.41) is 0. The van der Waals surface area contributed by atoms with Crippen molar-refractivity contribution < 1.29 is 13.5 Å². The van der Waals surface area contributed by atoms with Gasteiger partial charge >= 0.3 is 0 Å². The Balaban J connectivity index is 1.84. The van der Waals surface area contributed by atoms with Gasteiger partial charge in [-0.3, -0.25) is 0 Å². The van der Waals surface area contributed by atoms with Crippen LogP contribution >= 0.6 is 0 Å². The first kappa shape index (κ1) is 14.8. The van der Waals surface area contributed by atoms with E-state index in [0.29, 0.717) is 6.61 Å². The Morgan fingerprint density at radius 2 is 2.09 bits per heavy atom. The predicted molar refractivity (Wildman–Crippen MR) is 87.5 cm³/mol. The minimum atomic E-state index is -1.81. The summed E-state index contributed by atoms with van der Waals surface area (Å²) < 4.78 is 25.6. The van der Waals surface area contributed by atoms with Crippen LogP contribution in [-0.4, -0.2) is 21.1 Å². The topological polar surface area (TPSA) is 46.5 Å². The van der Waals surface area contributed by atoms with Crippen molar-refractivity contribution in [2.45, 2.75) is 12.8 Å².